The second-order valence-corrected chi connectivity index (χ2v) is 4.30. The summed E-state index contributed by atoms with van der Waals surface area (Å²) >= 11 is 5.93. The molecule has 2 aromatic rings. The van der Waals surface area contributed by atoms with Crippen molar-refractivity contribution in [3.05, 3.63) is 58.6 Å². The highest BCUT2D eigenvalue weighted by Crippen LogP contribution is 2.29. The third-order valence-electron chi connectivity index (χ3n) is 2.62. The topological polar surface area (TPSA) is 52.6 Å². The van der Waals surface area contributed by atoms with Gasteiger partial charge in [0.2, 0.25) is 0 Å². The van der Waals surface area contributed by atoms with E-state index in [0.29, 0.717) is 22.6 Å². The molecule has 0 saturated heterocycles. The van der Waals surface area contributed by atoms with Gasteiger partial charge in [0.25, 0.3) is 0 Å². The lowest BCUT2D eigenvalue weighted by atomic mass is 10.2. The molecule has 0 saturated carbocycles. The Morgan fingerprint density at radius 1 is 1.15 bits per heavy atom. The molecule has 0 radical (unpaired) electrons. The van der Waals surface area contributed by atoms with Gasteiger partial charge in [0.1, 0.15) is 6.29 Å². The number of aldehydes is 1. The molecule has 0 aliphatic rings. The average molecular weight is 291 g/mol. The van der Waals surface area contributed by atoms with Crippen molar-refractivity contribution in [1.29, 1.82) is 0 Å². The molecule has 102 valence electrons. The number of hydrogen-bond acceptors (Lipinski definition) is 4. The van der Waals surface area contributed by atoms with Crippen LogP contribution in [0, 0.1) is 0 Å². The molecule has 2 rings (SSSR count). The van der Waals surface area contributed by atoms with Crippen molar-refractivity contribution in [2.75, 3.05) is 7.11 Å². The SMILES string of the molecule is COc1ccc(C=O)cc1OC(=O)c1ccccc1Cl. The van der Waals surface area contributed by atoms with E-state index >= 15 is 0 Å². The standard InChI is InChI=1S/C15H11ClO4/c1-19-13-7-6-10(9-17)8-14(13)20-15(18)11-4-2-3-5-12(11)16/h2-9H,1H3. The van der Waals surface area contributed by atoms with Crippen molar-refractivity contribution in [3.63, 3.8) is 0 Å². The fourth-order valence-electron chi connectivity index (χ4n) is 1.63. The molecule has 0 N–H and O–H groups in total. The highest BCUT2D eigenvalue weighted by atomic mass is 35.5. The first kappa shape index (κ1) is 14.1. The lowest BCUT2D eigenvalue weighted by molar-refractivity contribution is 0.0729. The number of rotatable bonds is 4. The van der Waals surface area contributed by atoms with Crippen LogP contribution in [0.2, 0.25) is 5.02 Å². The van der Waals surface area contributed by atoms with Crippen molar-refractivity contribution in [2.24, 2.45) is 0 Å². The summed E-state index contributed by atoms with van der Waals surface area (Å²) in [6.45, 7) is 0. The highest BCUT2D eigenvalue weighted by molar-refractivity contribution is 6.33. The van der Waals surface area contributed by atoms with E-state index in [1.54, 1.807) is 36.4 Å². The quantitative estimate of drug-likeness (QED) is 0.492. The van der Waals surface area contributed by atoms with E-state index in [-0.39, 0.29) is 11.3 Å². The number of benzene rings is 2. The molecule has 2 aromatic carbocycles. The van der Waals surface area contributed by atoms with Gasteiger partial charge >= 0.3 is 5.97 Å². The molecule has 0 bridgehead atoms. The van der Waals surface area contributed by atoms with Gasteiger partial charge in [-0.2, -0.15) is 0 Å². The summed E-state index contributed by atoms with van der Waals surface area (Å²) in [6.07, 6.45) is 0.659. The summed E-state index contributed by atoms with van der Waals surface area (Å²) in [6, 6.07) is 11.1. The van der Waals surface area contributed by atoms with Crippen LogP contribution in [0.1, 0.15) is 20.7 Å². The van der Waals surface area contributed by atoms with Crippen molar-refractivity contribution < 1.29 is 19.1 Å². The van der Waals surface area contributed by atoms with Gasteiger partial charge in [0.05, 0.1) is 17.7 Å². The van der Waals surface area contributed by atoms with Gasteiger partial charge in [-0.15, -0.1) is 0 Å². The number of esters is 1. The fraction of sp³-hybridized carbons (Fsp3) is 0.0667. The Morgan fingerprint density at radius 2 is 1.90 bits per heavy atom. The molecule has 0 atom stereocenters. The van der Waals surface area contributed by atoms with E-state index in [0.717, 1.165) is 0 Å². The summed E-state index contributed by atoms with van der Waals surface area (Å²) in [4.78, 5) is 22.8. The Labute approximate surface area is 120 Å². The summed E-state index contributed by atoms with van der Waals surface area (Å²) in [5.74, 6) is -0.0880. The number of halogens is 1. The molecule has 0 heterocycles. The third-order valence-corrected chi connectivity index (χ3v) is 2.95. The van der Waals surface area contributed by atoms with E-state index in [9.17, 15) is 9.59 Å². The Morgan fingerprint density at radius 3 is 2.55 bits per heavy atom. The normalized spacial score (nSPS) is 9.90. The van der Waals surface area contributed by atoms with Gasteiger partial charge in [-0.05, 0) is 30.3 Å². The third kappa shape index (κ3) is 2.97. The van der Waals surface area contributed by atoms with E-state index in [1.807, 2.05) is 0 Å². The fourth-order valence-corrected chi connectivity index (χ4v) is 1.84. The van der Waals surface area contributed by atoms with Crippen molar-refractivity contribution in [2.45, 2.75) is 0 Å². The molecule has 0 unspecified atom stereocenters. The maximum absolute atomic E-state index is 12.1. The summed E-state index contributed by atoms with van der Waals surface area (Å²) < 4.78 is 10.3. The van der Waals surface area contributed by atoms with Crippen LogP contribution in [0.3, 0.4) is 0 Å². The van der Waals surface area contributed by atoms with Crippen LogP contribution < -0.4 is 9.47 Å². The molecule has 0 amide bonds. The van der Waals surface area contributed by atoms with E-state index in [2.05, 4.69) is 0 Å². The van der Waals surface area contributed by atoms with E-state index in [4.69, 9.17) is 21.1 Å². The minimum absolute atomic E-state index is 0.169. The van der Waals surface area contributed by atoms with Gasteiger partial charge < -0.3 is 9.47 Å². The molecular formula is C15H11ClO4. The van der Waals surface area contributed by atoms with Crippen LogP contribution in [-0.4, -0.2) is 19.4 Å². The van der Waals surface area contributed by atoms with Crippen LogP contribution in [0.15, 0.2) is 42.5 Å². The molecule has 0 aromatic heterocycles. The lowest BCUT2D eigenvalue weighted by Gasteiger charge is -2.10. The first-order valence-corrected chi connectivity index (χ1v) is 6.13. The molecule has 20 heavy (non-hydrogen) atoms. The molecule has 5 heteroatoms. The predicted octanol–water partition coefficient (Wildman–Crippen LogP) is 3.38. The summed E-state index contributed by atoms with van der Waals surface area (Å²) in [5, 5.41) is 0.294. The Balaban J connectivity index is 2.32. The zero-order valence-corrected chi connectivity index (χ0v) is 11.4. The smallest absolute Gasteiger partial charge is 0.345 e. The predicted molar refractivity (Wildman–Crippen MR) is 74.8 cm³/mol. The maximum Gasteiger partial charge on any atom is 0.345 e. The van der Waals surface area contributed by atoms with Crippen molar-refractivity contribution in [1.82, 2.24) is 0 Å². The Hall–Kier alpha value is -2.33. The minimum Gasteiger partial charge on any atom is -0.493 e. The second-order valence-electron chi connectivity index (χ2n) is 3.90. The largest absolute Gasteiger partial charge is 0.493 e. The maximum atomic E-state index is 12.1. The molecule has 0 spiro atoms. The molecule has 4 nitrogen and oxygen atoms in total. The van der Waals surface area contributed by atoms with Crippen LogP contribution in [0.5, 0.6) is 11.5 Å². The van der Waals surface area contributed by atoms with Crippen LogP contribution in [0.25, 0.3) is 0 Å². The van der Waals surface area contributed by atoms with Gasteiger partial charge in [-0.1, -0.05) is 23.7 Å². The van der Waals surface area contributed by atoms with Gasteiger partial charge in [-0.25, -0.2) is 4.79 Å². The number of ether oxygens (including phenoxy) is 2. The van der Waals surface area contributed by atoms with E-state index in [1.165, 1.54) is 13.2 Å². The number of carbonyl (C=O) groups excluding carboxylic acids is 2. The molecule has 0 aliphatic heterocycles. The first-order chi connectivity index (χ1) is 9.65. The number of methoxy groups -OCH3 is 1. The summed E-state index contributed by atoms with van der Waals surface area (Å²) in [5.41, 5.74) is 0.625. The van der Waals surface area contributed by atoms with Crippen LogP contribution in [-0.2, 0) is 0 Å². The monoisotopic (exact) mass is 290 g/mol. The molecule has 0 fully saturated rings. The minimum atomic E-state index is -0.614. The second kappa shape index (κ2) is 6.21. The van der Waals surface area contributed by atoms with Crippen molar-refractivity contribution in [3.8, 4) is 11.5 Å². The summed E-state index contributed by atoms with van der Waals surface area (Å²) in [7, 11) is 1.45. The van der Waals surface area contributed by atoms with Gasteiger partial charge in [0, 0.05) is 5.56 Å². The molecule has 0 aliphatic carbocycles. The highest BCUT2D eigenvalue weighted by Gasteiger charge is 2.15. The van der Waals surface area contributed by atoms with Gasteiger partial charge in [-0.3, -0.25) is 4.79 Å². The van der Waals surface area contributed by atoms with Gasteiger partial charge in [0.15, 0.2) is 11.5 Å². The Bertz CT molecular complexity index is 652. The average Bonchev–Trinajstić information content (AvgIpc) is 2.47. The lowest BCUT2D eigenvalue weighted by Crippen LogP contribution is -2.10. The number of hydrogen-bond donors (Lipinski definition) is 0. The Kier molecular flexibility index (Phi) is 4.38. The first-order valence-electron chi connectivity index (χ1n) is 5.75. The van der Waals surface area contributed by atoms with Crippen LogP contribution >= 0.6 is 11.6 Å². The number of carbonyl (C=O) groups is 2. The zero-order valence-electron chi connectivity index (χ0n) is 10.6. The van der Waals surface area contributed by atoms with Crippen LogP contribution in [0.4, 0.5) is 0 Å². The molecular weight excluding hydrogens is 280 g/mol. The van der Waals surface area contributed by atoms with E-state index < -0.39 is 5.97 Å². The van der Waals surface area contributed by atoms with Crippen molar-refractivity contribution >= 4 is 23.9 Å². The zero-order chi connectivity index (χ0) is 14.5.